The van der Waals surface area contributed by atoms with E-state index < -0.39 is 11.7 Å². The number of anilines is 1. The summed E-state index contributed by atoms with van der Waals surface area (Å²) in [5, 5.41) is 6.61. The van der Waals surface area contributed by atoms with Gasteiger partial charge in [-0.3, -0.25) is 4.98 Å². The molecule has 0 atom stereocenters. The van der Waals surface area contributed by atoms with E-state index in [9.17, 15) is 13.2 Å². The number of hydrogen-bond acceptors (Lipinski definition) is 2. The number of nitrogens with one attached hydrogen (secondary N) is 2. The molecule has 0 aliphatic rings. The van der Waals surface area contributed by atoms with Crippen molar-refractivity contribution in [2.45, 2.75) is 12.7 Å². The first kappa shape index (κ1) is 19.1. The van der Waals surface area contributed by atoms with E-state index in [1.807, 2.05) is 0 Å². The average molecular weight is 415 g/mol. The van der Waals surface area contributed by atoms with Crippen molar-refractivity contribution in [1.82, 2.24) is 10.3 Å². The van der Waals surface area contributed by atoms with Gasteiger partial charge in [0.2, 0.25) is 0 Å². The standard InChI is InChI=1S/C14H9Cl3F3N3S/c15-8-2-9(16)4-10(3-8)23-13(24)22-6-12-11(17)1-7(5-21-12)14(18,19)20/h1-5H,6H2,(H2,22,23,24). The molecular weight excluding hydrogens is 406 g/mol. The Kier molecular flexibility index (Phi) is 6.14. The van der Waals surface area contributed by atoms with Crippen LogP contribution in [0.1, 0.15) is 11.3 Å². The van der Waals surface area contributed by atoms with E-state index in [1.165, 1.54) is 0 Å². The van der Waals surface area contributed by atoms with Crippen LogP contribution >= 0.6 is 47.0 Å². The molecule has 3 nitrogen and oxygen atoms in total. The van der Waals surface area contributed by atoms with Crippen molar-refractivity contribution in [3.63, 3.8) is 0 Å². The summed E-state index contributed by atoms with van der Waals surface area (Å²) >= 11 is 22.7. The van der Waals surface area contributed by atoms with Gasteiger partial charge in [-0.15, -0.1) is 0 Å². The molecule has 24 heavy (non-hydrogen) atoms. The van der Waals surface area contributed by atoms with Gasteiger partial charge in [0.1, 0.15) is 0 Å². The van der Waals surface area contributed by atoms with E-state index in [4.69, 9.17) is 47.0 Å². The zero-order chi connectivity index (χ0) is 17.9. The van der Waals surface area contributed by atoms with Gasteiger partial charge < -0.3 is 10.6 Å². The maximum absolute atomic E-state index is 12.6. The lowest BCUT2D eigenvalue weighted by Gasteiger charge is -2.12. The van der Waals surface area contributed by atoms with Crippen LogP contribution in [0.4, 0.5) is 18.9 Å². The molecular formula is C14H9Cl3F3N3S. The van der Waals surface area contributed by atoms with E-state index in [-0.39, 0.29) is 22.4 Å². The lowest BCUT2D eigenvalue weighted by atomic mass is 10.2. The minimum Gasteiger partial charge on any atom is -0.357 e. The maximum atomic E-state index is 12.6. The fourth-order valence-electron chi connectivity index (χ4n) is 1.72. The van der Waals surface area contributed by atoms with E-state index in [1.54, 1.807) is 18.2 Å². The maximum Gasteiger partial charge on any atom is 0.417 e. The molecule has 0 aliphatic carbocycles. The predicted molar refractivity (Wildman–Crippen MR) is 93.8 cm³/mol. The van der Waals surface area contributed by atoms with E-state index >= 15 is 0 Å². The Morgan fingerprint density at radius 2 is 1.71 bits per heavy atom. The van der Waals surface area contributed by atoms with Crippen molar-refractivity contribution >= 4 is 57.8 Å². The number of halogens is 6. The first-order chi connectivity index (χ1) is 11.1. The quantitative estimate of drug-likeness (QED) is 0.646. The Labute approximate surface area is 156 Å². The van der Waals surface area contributed by atoms with Gasteiger partial charge >= 0.3 is 6.18 Å². The van der Waals surface area contributed by atoms with Crippen LogP contribution in [0.2, 0.25) is 15.1 Å². The highest BCUT2D eigenvalue weighted by Gasteiger charge is 2.31. The first-order valence-electron chi connectivity index (χ1n) is 6.38. The third-order valence-corrected chi connectivity index (χ3v) is 3.79. The van der Waals surface area contributed by atoms with Gasteiger partial charge in [0.05, 0.1) is 22.8 Å². The molecule has 2 rings (SSSR count). The molecule has 2 N–H and O–H groups in total. The molecule has 0 radical (unpaired) electrons. The molecule has 1 aromatic carbocycles. The molecule has 2 aromatic rings. The summed E-state index contributed by atoms with van der Waals surface area (Å²) in [6.07, 6.45) is -3.78. The van der Waals surface area contributed by atoms with Gasteiger partial charge in [-0.25, -0.2) is 0 Å². The molecule has 0 amide bonds. The number of benzene rings is 1. The molecule has 128 valence electrons. The normalized spacial score (nSPS) is 11.2. The Morgan fingerprint density at radius 1 is 1.08 bits per heavy atom. The molecule has 0 spiro atoms. The van der Waals surface area contributed by atoms with E-state index in [0.29, 0.717) is 15.7 Å². The molecule has 0 saturated heterocycles. The highest BCUT2D eigenvalue weighted by molar-refractivity contribution is 7.80. The van der Waals surface area contributed by atoms with Crippen LogP contribution in [0.5, 0.6) is 0 Å². The van der Waals surface area contributed by atoms with Crippen molar-refractivity contribution in [3.05, 3.63) is 56.8 Å². The number of nitrogens with zero attached hydrogens (tertiary/aromatic N) is 1. The van der Waals surface area contributed by atoms with Gasteiger partial charge in [-0.05, 0) is 36.5 Å². The molecule has 10 heteroatoms. The Hall–Kier alpha value is -1.28. The van der Waals surface area contributed by atoms with Gasteiger partial charge in [0, 0.05) is 21.9 Å². The number of thiocarbonyl (C=S) groups is 1. The fourth-order valence-corrected chi connectivity index (χ4v) is 2.67. The van der Waals surface area contributed by atoms with Gasteiger partial charge in [0.25, 0.3) is 0 Å². The third-order valence-electron chi connectivity index (χ3n) is 2.78. The summed E-state index contributed by atoms with van der Waals surface area (Å²) in [7, 11) is 0. The number of rotatable bonds is 3. The van der Waals surface area contributed by atoms with Gasteiger partial charge in [-0.1, -0.05) is 34.8 Å². The molecule has 1 heterocycles. The topological polar surface area (TPSA) is 37.0 Å². The van der Waals surface area contributed by atoms with Crippen LogP contribution in [0, 0.1) is 0 Å². The second-order valence-corrected chi connectivity index (χ2v) is 6.30. The molecule has 0 saturated carbocycles. The van der Waals surface area contributed by atoms with Crippen LogP contribution in [-0.4, -0.2) is 10.1 Å². The first-order valence-corrected chi connectivity index (χ1v) is 7.92. The summed E-state index contributed by atoms with van der Waals surface area (Å²) < 4.78 is 37.7. The molecule has 0 unspecified atom stereocenters. The summed E-state index contributed by atoms with van der Waals surface area (Å²) in [5.41, 5.74) is -0.111. The largest absolute Gasteiger partial charge is 0.417 e. The van der Waals surface area contributed by atoms with Crippen LogP contribution < -0.4 is 10.6 Å². The Balaban J connectivity index is 1.99. The lowest BCUT2D eigenvalue weighted by molar-refractivity contribution is -0.137. The fraction of sp³-hybridized carbons (Fsp3) is 0.143. The highest BCUT2D eigenvalue weighted by Crippen LogP contribution is 2.31. The van der Waals surface area contributed by atoms with E-state index in [2.05, 4.69) is 15.6 Å². The second-order valence-electron chi connectivity index (χ2n) is 4.62. The number of pyridine rings is 1. The Morgan fingerprint density at radius 3 is 2.25 bits per heavy atom. The van der Waals surface area contributed by atoms with Crippen molar-refractivity contribution in [2.75, 3.05) is 5.32 Å². The monoisotopic (exact) mass is 413 g/mol. The minimum atomic E-state index is -4.49. The summed E-state index contributed by atoms with van der Waals surface area (Å²) in [6, 6.07) is 5.62. The highest BCUT2D eigenvalue weighted by atomic mass is 35.5. The molecule has 0 bridgehead atoms. The van der Waals surface area contributed by atoms with Crippen LogP contribution in [-0.2, 0) is 12.7 Å². The zero-order valence-electron chi connectivity index (χ0n) is 11.7. The smallest absolute Gasteiger partial charge is 0.357 e. The number of aromatic nitrogens is 1. The van der Waals surface area contributed by atoms with Crippen molar-refractivity contribution in [2.24, 2.45) is 0 Å². The van der Waals surface area contributed by atoms with Gasteiger partial charge in [-0.2, -0.15) is 13.2 Å². The van der Waals surface area contributed by atoms with E-state index in [0.717, 1.165) is 12.3 Å². The zero-order valence-corrected chi connectivity index (χ0v) is 14.8. The van der Waals surface area contributed by atoms with Crippen LogP contribution in [0.25, 0.3) is 0 Å². The van der Waals surface area contributed by atoms with Gasteiger partial charge in [0.15, 0.2) is 5.11 Å². The Bertz CT molecular complexity index is 748. The number of hydrogen-bond donors (Lipinski definition) is 2. The summed E-state index contributed by atoms with van der Waals surface area (Å²) in [4.78, 5) is 3.71. The SMILES string of the molecule is FC(F)(F)c1cnc(CNC(=S)Nc2cc(Cl)cc(Cl)c2)c(Cl)c1. The third kappa shape index (κ3) is 5.37. The summed E-state index contributed by atoms with van der Waals surface area (Å²) in [5.74, 6) is 0. The average Bonchev–Trinajstić information content (AvgIpc) is 2.43. The second kappa shape index (κ2) is 7.74. The summed E-state index contributed by atoms with van der Waals surface area (Å²) in [6.45, 7) is 0.0527. The minimum absolute atomic E-state index is 0.0527. The number of alkyl halides is 3. The van der Waals surface area contributed by atoms with Crippen molar-refractivity contribution in [1.29, 1.82) is 0 Å². The van der Waals surface area contributed by atoms with Crippen molar-refractivity contribution in [3.8, 4) is 0 Å². The molecule has 1 aromatic heterocycles. The van der Waals surface area contributed by atoms with Crippen LogP contribution in [0.15, 0.2) is 30.5 Å². The predicted octanol–water partition coefficient (Wildman–Crippen LogP) is 5.55. The lowest BCUT2D eigenvalue weighted by Crippen LogP contribution is -2.28. The molecule has 0 fully saturated rings. The van der Waals surface area contributed by atoms with Crippen LogP contribution in [0.3, 0.4) is 0 Å². The molecule has 0 aliphatic heterocycles. The van der Waals surface area contributed by atoms with Crippen molar-refractivity contribution < 1.29 is 13.2 Å².